The van der Waals surface area contributed by atoms with E-state index in [-0.39, 0.29) is 17.7 Å². The maximum absolute atomic E-state index is 12.9. The number of likely N-dealkylation sites (tertiary alicyclic amines) is 1. The number of amides is 2. The Balaban J connectivity index is 1.51. The van der Waals surface area contributed by atoms with E-state index in [0.717, 1.165) is 45.0 Å². The zero-order chi connectivity index (χ0) is 19.9. The average molecular weight is 389 g/mol. The smallest absolute Gasteiger partial charge is 0.227 e. The molecule has 1 aromatic rings. The highest BCUT2D eigenvalue weighted by molar-refractivity contribution is 5.83. The minimum atomic E-state index is -0.123. The van der Waals surface area contributed by atoms with Gasteiger partial charge in [0.2, 0.25) is 11.8 Å². The Kier molecular flexibility index (Phi) is 7.39. The van der Waals surface area contributed by atoms with Crippen LogP contribution in [-0.4, -0.2) is 84.5 Å². The van der Waals surface area contributed by atoms with Crippen LogP contribution in [0.15, 0.2) is 18.3 Å². The fourth-order valence-corrected chi connectivity index (χ4v) is 3.81. The summed E-state index contributed by atoms with van der Waals surface area (Å²) in [5, 5.41) is 0. The lowest BCUT2D eigenvalue weighted by Crippen LogP contribution is -2.49. The molecule has 28 heavy (non-hydrogen) atoms. The minimum Gasteiger partial charge on any atom is -0.379 e. The van der Waals surface area contributed by atoms with Crippen molar-refractivity contribution >= 4 is 11.8 Å². The quantitative estimate of drug-likeness (QED) is 0.702. The predicted molar refractivity (Wildman–Crippen MR) is 107 cm³/mol. The van der Waals surface area contributed by atoms with Crippen LogP contribution < -0.4 is 0 Å². The number of ether oxygens (including phenoxy) is 1. The van der Waals surface area contributed by atoms with Crippen LogP contribution in [0.3, 0.4) is 0 Å². The molecule has 1 atom stereocenters. The van der Waals surface area contributed by atoms with Gasteiger partial charge in [0.25, 0.3) is 0 Å². The number of aromatic nitrogens is 1. The molecule has 3 rings (SSSR count). The van der Waals surface area contributed by atoms with Crippen LogP contribution in [0.1, 0.15) is 31.0 Å². The number of carbonyl (C=O) groups is 2. The molecule has 0 aliphatic carbocycles. The summed E-state index contributed by atoms with van der Waals surface area (Å²) in [6.07, 6.45) is 3.92. The monoisotopic (exact) mass is 388 g/mol. The van der Waals surface area contributed by atoms with Crippen molar-refractivity contribution in [3.63, 3.8) is 0 Å². The lowest BCUT2D eigenvalue weighted by molar-refractivity contribution is -0.142. The van der Waals surface area contributed by atoms with E-state index < -0.39 is 0 Å². The first kappa shape index (κ1) is 20.7. The SMILES string of the molecule is CCc1ccc(CN(C)C(=O)[C@H]2CCC(=O)N(CCN3CCOCC3)C2)nc1. The van der Waals surface area contributed by atoms with Crippen molar-refractivity contribution in [1.29, 1.82) is 0 Å². The number of piperidine rings is 1. The number of rotatable bonds is 7. The van der Waals surface area contributed by atoms with Crippen molar-refractivity contribution < 1.29 is 14.3 Å². The Hall–Kier alpha value is -1.99. The van der Waals surface area contributed by atoms with Crippen LogP contribution >= 0.6 is 0 Å². The maximum atomic E-state index is 12.9. The van der Waals surface area contributed by atoms with Crippen molar-refractivity contribution in [2.24, 2.45) is 5.92 Å². The predicted octanol–water partition coefficient (Wildman–Crippen LogP) is 1.17. The molecule has 2 aliphatic rings. The molecule has 0 N–H and O–H groups in total. The van der Waals surface area contributed by atoms with Gasteiger partial charge in [-0.1, -0.05) is 13.0 Å². The van der Waals surface area contributed by atoms with Crippen LogP contribution in [0, 0.1) is 5.92 Å². The van der Waals surface area contributed by atoms with Crippen molar-refractivity contribution in [2.45, 2.75) is 32.7 Å². The van der Waals surface area contributed by atoms with Crippen LogP contribution in [0.4, 0.5) is 0 Å². The number of carbonyl (C=O) groups excluding carboxylic acids is 2. The molecule has 2 saturated heterocycles. The van der Waals surface area contributed by atoms with Crippen LogP contribution in [-0.2, 0) is 27.3 Å². The van der Waals surface area contributed by atoms with E-state index in [9.17, 15) is 9.59 Å². The second-order valence-electron chi connectivity index (χ2n) is 7.74. The lowest BCUT2D eigenvalue weighted by Gasteiger charge is -2.35. The van der Waals surface area contributed by atoms with E-state index in [4.69, 9.17) is 4.74 Å². The molecular formula is C21H32N4O3. The minimum absolute atomic E-state index is 0.102. The van der Waals surface area contributed by atoms with E-state index >= 15 is 0 Å². The molecule has 7 nitrogen and oxygen atoms in total. The summed E-state index contributed by atoms with van der Waals surface area (Å²) in [7, 11) is 1.83. The van der Waals surface area contributed by atoms with Gasteiger partial charge < -0.3 is 14.5 Å². The number of hydrogen-bond acceptors (Lipinski definition) is 5. The molecule has 2 amide bonds. The maximum Gasteiger partial charge on any atom is 0.227 e. The second-order valence-corrected chi connectivity index (χ2v) is 7.74. The number of aryl methyl sites for hydroxylation is 1. The second kappa shape index (κ2) is 9.98. The van der Waals surface area contributed by atoms with Gasteiger partial charge in [-0.2, -0.15) is 0 Å². The molecule has 0 spiro atoms. The Morgan fingerprint density at radius 1 is 1.29 bits per heavy atom. The lowest BCUT2D eigenvalue weighted by atomic mass is 9.96. The van der Waals surface area contributed by atoms with Gasteiger partial charge in [0.1, 0.15) is 0 Å². The molecule has 0 unspecified atom stereocenters. The first-order valence-corrected chi connectivity index (χ1v) is 10.3. The largest absolute Gasteiger partial charge is 0.379 e. The molecule has 154 valence electrons. The van der Waals surface area contributed by atoms with E-state index in [1.54, 1.807) is 4.90 Å². The number of hydrogen-bond donors (Lipinski definition) is 0. The van der Waals surface area contributed by atoms with Crippen molar-refractivity contribution in [1.82, 2.24) is 19.7 Å². The molecule has 0 bridgehead atoms. The summed E-state index contributed by atoms with van der Waals surface area (Å²) in [6.45, 7) is 8.00. The van der Waals surface area contributed by atoms with Gasteiger partial charge in [0.05, 0.1) is 31.4 Å². The molecule has 0 aromatic carbocycles. The topological polar surface area (TPSA) is 66.0 Å². The van der Waals surface area contributed by atoms with Crippen molar-refractivity contribution in [2.75, 3.05) is 53.0 Å². The van der Waals surface area contributed by atoms with Gasteiger partial charge in [-0.3, -0.25) is 19.5 Å². The van der Waals surface area contributed by atoms with Gasteiger partial charge in [-0.15, -0.1) is 0 Å². The van der Waals surface area contributed by atoms with E-state index in [1.165, 1.54) is 5.56 Å². The molecule has 2 aliphatic heterocycles. The highest BCUT2D eigenvalue weighted by Crippen LogP contribution is 2.20. The molecule has 3 heterocycles. The Morgan fingerprint density at radius 3 is 2.75 bits per heavy atom. The normalized spacial score (nSPS) is 21.0. The highest BCUT2D eigenvalue weighted by atomic mass is 16.5. The fourth-order valence-electron chi connectivity index (χ4n) is 3.81. The van der Waals surface area contributed by atoms with Crippen molar-refractivity contribution in [3.8, 4) is 0 Å². The standard InChI is InChI=1S/C21H32N4O3/c1-3-17-4-6-19(22-14-17)16-23(2)21(27)18-5-7-20(26)25(15-18)9-8-24-10-12-28-13-11-24/h4,6,14,18H,3,5,7-13,15-16H2,1-2H3/t18-/m0/s1. The number of nitrogens with zero attached hydrogens (tertiary/aromatic N) is 4. The first-order valence-electron chi connectivity index (χ1n) is 10.3. The molecule has 1 aromatic heterocycles. The van der Waals surface area contributed by atoms with Gasteiger partial charge in [0, 0.05) is 52.4 Å². The number of morpholine rings is 1. The van der Waals surface area contributed by atoms with Gasteiger partial charge >= 0.3 is 0 Å². The molecule has 0 saturated carbocycles. The Morgan fingerprint density at radius 2 is 2.07 bits per heavy atom. The third-order valence-corrected chi connectivity index (χ3v) is 5.71. The fraction of sp³-hybridized carbons (Fsp3) is 0.667. The van der Waals surface area contributed by atoms with Gasteiger partial charge in [-0.25, -0.2) is 0 Å². The summed E-state index contributed by atoms with van der Waals surface area (Å²) < 4.78 is 5.37. The van der Waals surface area contributed by atoms with E-state index in [0.29, 0.717) is 32.5 Å². The molecule has 7 heteroatoms. The third-order valence-electron chi connectivity index (χ3n) is 5.71. The Bertz CT molecular complexity index is 658. The van der Waals surface area contributed by atoms with Crippen LogP contribution in [0.5, 0.6) is 0 Å². The van der Waals surface area contributed by atoms with E-state index in [1.807, 2.05) is 24.2 Å². The third kappa shape index (κ3) is 5.52. The number of pyridine rings is 1. The summed E-state index contributed by atoms with van der Waals surface area (Å²) in [5.74, 6) is 0.143. The van der Waals surface area contributed by atoms with Crippen LogP contribution in [0.2, 0.25) is 0 Å². The highest BCUT2D eigenvalue weighted by Gasteiger charge is 2.32. The average Bonchev–Trinajstić information content (AvgIpc) is 2.74. The van der Waals surface area contributed by atoms with E-state index in [2.05, 4.69) is 22.9 Å². The zero-order valence-electron chi connectivity index (χ0n) is 17.1. The molecular weight excluding hydrogens is 356 g/mol. The van der Waals surface area contributed by atoms with Gasteiger partial charge in [-0.05, 0) is 24.5 Å². The molecule has 0 radical (unpaired) electrons. The Labute approximate surface area is 167 Å². The summed E-state index contributed by atoms with van der Waals surface area (Å²) >= 11 is 0. The van der Waals surface area contributed by atoms with Gasteiger partial charge in [0.15, 0.2) is 0 Å². The summed E-state index contributed by atoms with van der Waals surface area (Å²) in [5.41, 5.74) is 2.09. The first-order chi connectivity index (χ1) is 13.6. The summed E-state index contributed by atoms with van der Waals surface area (Å²) in [4.78, 5) is 35.6. The summed E-state index contributed by atoms with van der Waals surface area (Å²) in [6, 6.07) is 4.05. The molecule has 2 fully saturated rings. The van der Waals surface area contributed by atoms with Crippen molar-refractivity contribution in [3.05, 3.63) is 29.6 Å². The van der Waals surface area contributed by atoms with Crippen LogP contribution in [0.25, 0.3) is 0 Å². The zero-order valence-corrected chi connectivity index (χ0v) is 17.1.